The van der Waals surface area contributed by atoms with Crippen molar-refractivity contribution < 1.29 is 9.53 Å². The van der Waals surface area contributed by atoms with Gasteiger partial charge in [-0.3, -0.25) is 4.79 Å². The number of thioether (sulfide) groups is 1. The van der Waals surface area contributed by atoms with E-state index in [1.165, 1.54) is 23.1 Å². The van der Waals surface area contributed by atoms with E-state index in [0.29, 0.717) is 16.4 Å². The molecule has 122 valence electrons. The van der Waals surface area contributed by atoms with Crippen LogP contribution in [0, 0.1) is 0 Å². The quantitative estimate of drug-likeness (QED) is 0.503. The number of methoxy groups -OCH3 is 1. The van der Waals surface area contributed by atoms with Crippen molar-refractivity contribution in [2.24, 2.45) is 0 Å². The van der Waals surface area contributed by atoms with Gasteiger partial charge in [-0.25, -0.2) is 0 Å². The van der Waals surface area contributed by atoms with E-state index in [0.717, 1.165) is 15.8 Å². The van der Waals surface area contributed by atoms with Gasteiger partial charge in [-0.2, -0.15) is 0 Å². The highest BCUT2D eigenvalue weighted by molar-refractivity contribution is 8.01. The molecule has 7 heteroatoms. The van der Waals surface area contributed by atoms with Crippen LogP contribution in [0.15, 0.2) is 58.9 Å². The number of ether oxygens (including phenoxy) is 1. The average molecular weight is 357 g/mol. The number of hydrogen-bond acceptors (Lipinski definition) is 7. The fraction of sp³-hybridized carbons (Fsp3) is 0.118. The third-order valence-electron chi connectivity index (χ3n) is 3.18. The monoisotopic (exact) mass is 357 g/mol. The van der Waals surface area contributed by atoms with E-state index < -0.39 is 0 Å². The van der Waals surface area contributed by atoms with Gasteiger partial charge in [-0.05, 0) is 12.1 Å². The van der Waals surface area contributed by atoms with Crippen LogP contribution in [-0.4, -0.2) is 28.8 Å². The Balaban J connectivity index is 1.61. The van der Waals surface area contributed by atoms with Gasteiger partial charge in [0.1, 0.15) is 5.75 Å². The first-order valence-corrected chi connectivity index (χ1v) is 9.01. The Morgan fingerprint density at radius 1 is 1.12 bits per heavy atom. The van der Waals surface area contributed by atoms with Gasteiger partial charge in [0.25, 0.3) is 0 Å². The maximum absolute atomic E-state index is 12.1. The van der Waals surface area contributed by atoms with Crippen molar-refractivity contribution >= 4 is 39.7 Å². The zero-order valence-corrected chi connectivity index (χ0v) is 14.6. The highest BCUT2D eigenvalue weighted by Crippen LogP contribution is 2.31. The van der Waals surface area contributed by atoms with Gasteiger partial charge in [0.05, 0.1) is 18.6 Å². The van der Waals surface area contributed by atoms with Gasteiger partial charge in [-0.15, -0.1) is 10.2 Å². The lowest BCUT2D eigenvalue weighted by Gasteiger charge is -2.07. The molecule has 0 saturated carbocycles. The first kappa shape index (κ1) is 16.5. The molecule has 2 aromatic carbocycles. The van der Waals surface area contributed by atoms with Crippen molar-refractivity contribution in [1.82, 2.24) is 10.2 Å². The van der Waals surface area contributed by atoms with Crippen LogP contribution in [-0.2, 0) is 0 Å². The maximum atomic E-state index is 12.1. The summed E-state index contributed by atoms with van der Waals surface area (Å²) in [5, 5.41) is 12.1. The fourth-order valence-corrected chi connectivity index (χ4v) is 3.68. The van der Waals surface area contributed by atoms with Crippen LogP contribution in [0.2, 0.25) is 0 Å². The number of Topliss-reactive ketones (excluding diaryl/α,β-unsaturated/α-hetero) is 1. The summed E-state index contributed by atoms with van der Waals surface area (Å²) in [5.41, 5.74) is 1.54. The second-order valence-electron chi connectivity index (χ2n) is 4.78. The van der Waals surface area contributed by atoms with Crippen LogP contribution in [0.5, 0.6) is 5.75 Å². The second-order valence-corrected chi connectivity index (χ2v) is 6.98. The molecule has 0 saturated heterocycles. The summed E-state index contributed by atoms with van der Waals surface area (Å²) >= 11 is 2.79. The number of rotatable bonds is 7. The number of nitrogens with zero attached hydrogens (tertiary/aromatic N) is 2. The van der Waals surface area contributed by atoms with Crippen LogP contribution in [0.25, 0.3) is 0 Å². The average Bonchev–Trinajstić information content (AvgIpc) is 3.08. The molecular weight excluding hydrogens is 342 g/mol. The van der Waals surface area contributed by atoms with Crippen molar-refractivity contribution in [3.8, 4) is 5.75 Å². The van der Waals surface area contributed by atoms with E-state index in [2.05, 4.69) is 15.5 Å². The van der Waals surface area contributed by atoms with Crippen molar-refractivity contribution in [3.63, 3.8) is 0 Å². The van der Waals surface area contributed by atoms with Gasteiger partial charge < -0.3 is 10.1 Å². The molecule has 0 bridgehead atoms. The Bertz CT molecular complexity index is 821. The molecule has 1 aromatic heterocycles. The summed E-state index contributed by atoms with van der Waals surface area (Å²) < 4.78 is 6.04. The third-order valence-corrected chi connectivity index (χ3v) is 5.15. The number of aromatic nitrogens is 2. The first-order chi connectivity index (χ1) is 11.8. The van der Waals surface area contributed by atoms with Crippen LogP contribution in [0.3, 0.4) is 0 Å². The third kappa shape index (κ3) is 4.12. The molecule has 0 atom stereocenters. The van der Waals surface area contributed by atoms with Crippen LogP contribution < -0.4 is 10.1 Å². The minimum atomic E-state index is 0.0787. The predicted molar refractivity (Wildman–Crippen MR) is 97.7 cm³/mol. The first-order valence-electron chi connectivity index (χ1n) is 7.21. The lowest BCUT2D eigenvalue weighted by Crippen LogP contribution is -2.01. The minimum absolute atomic E-state index is 0.0787. The summed E-state index contributed by atoms with van der Waals surface area (Å²) in [6, 6.07) is 16.8. The lowest BCUT2D eigenvalue weighted by molar-refractivity contribution is 0.102. The molecule has 0 aliphatic heterocycles. The molecule has 1 N–H and O–H groups in total. The van der Waals surface area contributed by atoms with E-state index in [9.17, 15) is 4.79 Å². The van der Waals surface area contributed by atoms with Crippen LogP contribution in [0.1, 0.15) is 10.4 Å². The SMILES string of the molecule is COc1ccccc1Nc1nnc(SCC(=O)c2ccccc2)s1. The number of carbonyl (C=O) groups is 1. The molecular formula is C17H15N3O2S2. The normalized spacial score (nSPS) is 10.4. The van der Waals surface area contributed by atoms with Gasteiger partial charge >= 0.3 is 0 Å². The maximum Gasteiger partial charge on any atom is 0.210 e. The molecule has 0 spiro atoms. The summed E-state index contributed by atoms with van der Waals surface area (Å²) in [6.45, 7) is 0. The molecule has 1 heterocycles. The van der Waals surface area contributed by atoms with E-state index in [4.69, 9.17) is 4.74 Å². The number of nitrogens with one attached hydrogen (secondary N) is 1. The Hall–Kier alpha value is -2.38. The standard InChI is InChI=1S/C17H15N3O2S2/c1-22-15-10-6-5-9-13(15)18-16-19-20-17(24-16)23-11-14(21)12-7-3-2-4-8-12/h2-10H,11H2,1H3,(H,18,19). The van der Waals surface area contributed by atoms with E-state index >= 15 is 0 Å². The molecule has 0 unspecified atom stereocenters. The van der Waals surface area contributed by atoms with Gasteiger partial charge in [0.15, 0.2) is 10.1 Å². The number of benzene rings is 2. The van der Waals surface area contributed by atoms with E-state index in [1.54, 1.807) is 7.11 Å². The zero-order valence-electron chi connectivity index (χ0n) is 12.9. The van der Waals surface area contributed by atoms with Gasteiger partial charge in [-0.1, -0.05) is 65.6 Å². The summed E-state index contributed by atoms with van der Waals surface area (Å²) in [7, 11) is 1.62. The second kappa shape index (κ2) is 7.94. The Kier molecular flexibility index (Phi) is 5.45. The fourth-order valence-electron chi connectivity index (χ4n) is 2.02. The van der Waals surface area contributed by atoms with E-state index in [-0.39, 0.29) is 5.78 Å². The molecule has 24 heavy (non-hydrogen) atoms. The summed E-state index contributed by atoms with van der Waals surface area (Å²) in [6.07, 6.45) is 0. The molecule has 5 nitrogen and oxygen atoms in total. The van der Waals surface area contributed by atoms with Crippen molar-refractivity contribution in [1.29, 1.82) is 0 Å². The molecule has 3 aromatic rings. The molecule has 0 aliphatic rings. The highest BCUT2D eigenvalue weighted by Gasteiger charge is 2.11. The number of hydrogen-bond donors (Lipinski definition) is 1. The van der Waals surface area contributed by atoms with Crippen LogP contribution >= 0.6 is 23.1 Å². The number of carbonyl (C=O) groups excluding carboxylic acids is 1. The van der Waals surface area contributed by atoms with Gasteiger partial charge in [0, 0.05) is 5.56 Å². The molecule has 0 fully saturated rings. The molecule has 3 rings (SSSR count). The Morgan fingerprint density at radius 3 is 2.67 bits per heavy atom. The van der Waals surface area contributed by atoms with E-state index in [1.807, 2.05) is 54.6 Å². The number of para-hydroxylation sites is 2. The molecule has 0 aliphatic carbocycles. The zero-order chi connectivity index (χ0) is 16.8. The van der Waals surface area contributed by atoms with Crippen molar-refractivity contribution in [2.45, 2.75) is 4.34 Å². The highest BCUT2D eigenvalue weighted by atomic mass is 32.2. The minimum Gasteiger partial charge on any atom is -0.495 e. The predicted octanol–water partition coefficient (Wildman–Crippen LogP) is 4.27. The van der Waals surface area contributed by atoms with Crippen molar-refractivity contribution in [3.05, 3.63) is 60.2 Å². The van der Waals surface area contributed by atoms with Crippen molar-refractivity contribution in [2.75, 3.05) is 18.2 Å². The number of ketones is 1. The van der Waals surface area contributed by atoms with Gasteiger partial charge in [0.2, 0.25) is 5.13 Å². The topological polar surface area (TPSA) is 64.1 Å². The lowest BCUT2D eigenvalue weighted by atomic mass is 10.2. The molecule has 0 radical (unpaired) electrons. The summed E-state index contributed by atoms with van der Waals surface area (Å²) in [4.78, 5) is 12.1. The molecule has 0 amide bonds. The van der Waals surface area contributed by atoms with Crippen LogP contribution in [0.4, 0.5) is 10.8 Å². The Labute approximate surface area is 148 Å². The summed E-state index contributed by atoms with van der Waals surface area (Å²) in [5.74, 6) is 1.16. The Morgan fingerprint density at radius 2 is 1.88 bits per heavy atom. The smallest absolute Gasteiger partial charge is 0.210 e. The largest absolute Gasteiger partial charge is 0.495 e. The number of anilines is 2.